The van der Waals surface area contributed by atoms with Crippen LogP contribution in [0.2, 0.25) is 5.02 Å². The molecular weight excluding hydrogens is 366 g/mol. The molecule has 0 aliphatic carbocycles. The molecule has 2 aromatic carbocycles. The van der Waals surface area contributed by atoms with Gasteiger partial charge in [-0.1, -0.05) is 59.8 Å². The summed E-state index contributed by atoms with van der Waals surface area (Å²) in [5, 5.41) is 4.18. The molecule has 1 aromatic heterocycles. The molecule has 26 heavy (non-hydrogen) atoms. The zero-order valence-corrected chi connectivity index (χ0v) is 16.0. The molecule has 3 aromatic rings. The molecule has 0 spiro atoms. The minimum Gasteiger partial charge on any atom is -0.355 e. The van der Waals surface area contributed by atoms with Gasteiger partial charge in [-0.3, -0.25) is 9.36 Å². The lowest BCUT2D eigenvalue weighted by Gasteiger charge is -2.13. The third kappa shape index (κ3) is 4.90. The molecule has 0 fully saturated rings. The van der Waals surface area contributed by atoms with E-state index in [1.165, 1.54) is 17.3 Å². The predicted molar refractivity (Wildman–Crippen MR) is 107 cm³/mol. The normalized spacial score (nSPS) is 11.9. The lowest BCUT2D eigenvalue weighted by molar-refractivity contribution is -0.120. The molecule has 1 heterocycles. The number of hydrogen-bond acceptors (Lipinski definition) is 3. The van der Waals surface area contributed by atoms with Gasteiger partial charge >= 0.3 is 0 Å². The highest BCUT2D eigenvalue weighted by molar-refractivity contribution is 8.00. The predicted octanol–water partition coefficient (Wildman–Crippen LogP) is 4.37. The van der Waals surface area contributed by atoms with E-state index in [2.05, 4.69) is 22.4 Å². The largest absolute Gasteiger partial charge is 0.355 e. The molecule has 6 heteroatoms. The van der Waals surface area contributed by atoms with E-state index < -0.39 is 0 Å². The SMILES string of the molecule is CC(Sc1nccn1-c1cccc(Cl)c1)C(=O)NCCc1ccccc1. The van der Waals surface area contributed by atoms with Gasteiger partial charge in [0.05, 0.1) is 5.25 Å². The van der Waals surface area contributed by atoms with Crippen molar-refractivity contribution in [1.29, 1.82) is 0 Å². The van der Waals surface area contributed by atoms with Crippen LogP contribution >= 0.6 is 23.4 Å². The second kappa shape index (κ2) is 8.92. The molecule has 1 amide bonds. The van der Waals surface area contributed by atoms with Crippen molar-refractivity contribution in [3.8, 4) is 5.69 Å². The molecule has 0 radical (unpaired) electrons. The van der Waals surface area contributed by atoms with E-state index in [1.54, 1.807) is 6.20 Å². The molecule has 0 saturated heterocycles. The Labute approximate surface area is 162 Å². The minimum atomic E-state index is -0.244. The molecule has 0 saturated carbocycles. The van der Waals surface area contributed by atoms with Crippen molar-refractivity contribution in [2.75, 3.05) is 6.54 Å². The second-order valence-electron chi connectivity index (χ2n) is 5.85. The molecule has 0 bridgehead atoms. The van der Waals surface area contributed by atoms with Gasteiger partial charge in [-0.2, -0.15) is 0 Å². The summed E-state index contributed by atoms with van der Waals surface area (Å²) in [6, 6.07) is 17.7. The maximum atomic E-state index is 12.4. The molecule has 1 N–H and O–H groups in total. The Morgan fingerprint density at radius 2 is 2.04 bits per heavy atom. The van der Waals surface area contributed by atoms with Crippen LogP contribution in [0.1, 0.15) is 12.5 Å². The third-order valence-electron chi connectivity index (χ3n) is 3.90. The zero-order valence-electron chi connectivity index (χ0n) is 14.4. The number of nitrogens with zero attached hydrogens (tertiary/aromatic N) is 2. The van der Waals surface area contributed by atoms with Crippen LogP contribution in [-0.4, -0.2) is 27.3 Å². The zero-order chi connectivity index (χ0) is 18.4. The molecule has 134 valence electrons. The van der Waals surface area contributed by atoms with E-state index in [4.69, 9.17) is 11.6 Å². The van der Waals surface area contributed by atoms with E-state index in [0.717, 1.165) is 17.3 Å². The van der Waals surface area contributed by atoms with Crippen molar-refractivity contribution in [3.63, 3.8) is 0 Å². The van der Waals surface area contributed by atoms with Gasteiger partial charge in [0.25, 0.3) is 0 Å². The van der Waals surface area contributed by atoms with E-state index in [0.29, 0.717) is 11.6 Å². The first-order valence-corrected chi connectivity index (χ1v) is 9.67. The summed E-state index contributed by atoms with van der Waals surface area (Å²) in [5.41, 5.74) is 2.14. The fourth-order valence-electron chi connectivity index (χ4n) is 2.53. The van der Waals surface area contributed by atoms with Gasteiger partial charge in [0.2, 0.25) is 5.91 Å². The van der Waals surface area contributed by atoms with Crippen LogP contribution in [0, 0.1) is 0 Å². The maximum Gasteiger partial charge on any atom is 0.233 e. The van der Waals surface area contributed by atoms with E-state index >= 15 is 0 Å². The van der Waals surface area contributed by atoms with Crippen molar-refractivity contribution in [3.05, 3.63) is 77.6 Å². The topological polar surface area (TPSA) is 46.9 Å². The lowest BCUT2D eigenvalue weighted by Crippen LogP contribution is -2.32. The Hall–Kier alpha value is -2.24. The quantitative estimate of drug-likeness (QED) is 0.614. The van der Waals surface area contributed by atoms with Crippen molar-refractivity contribution >= 4 is 29.3 Å². The van der Waals surface area contributed by atoms with Crippen molar-refractivity contribution < 1.29 is 4.79 Å². The number of carbonyl (C=O) groups excluding carboxylic acids is 1. The highest BCUT2D eigenvalue weighted by Gasteiger charge is 2.17. The number of nitrogens with one attached hydrogen (secondary N) is 1. The van der Waals surface area contributed by atoms with Gasteiger partial charge in [-0.15, -0.1) is 0 Å². The number of hydrogen-bond donors (Lipinski definition) is 1. The van der Waals surface area contributed by atoms with Crippen LogP contribution in [0.5, 0.6) is 0 Å². The van der Waals surface area contributed by atoms with Gasteiger partial charge in [0, 0.05) is 29.6 Å². The summed E-state index contributed by atoms with van der Waals surface area (Å²) >= 11 is 7.50. The fraction of sp³-hybridized carbons (Fsp3) is 0.200. The summed E-state index contributed by atoms with van der Waals surface area (Å²) < 4.78 is 1.93. The molecule has 0 aliphatic heterocycles. The van der Waals surface area contributed by atoms with Crippen LogP contribution in [0.3, 0.4) is 0 Å². The Bertz CT molecular complexity index is 866. The first kappa shape index (κ1) is 18.5. The van der Waals surface area contributed by atoms with Crippen LogP contribution in [0.15, 0.2) is 72.1 Å². The molecule has 1 atom stereocenters. The van der Waals surface area contributed by atoms with Gasteiger partial charge < -0.3 is 5.32 Å². The van der Waals surface area contributed by atoms with E-state index in [9.17, 15) is 4.79 Å². The van der Waals surface area contributed by atoms with Gasteiger partial charge in [0.15, 0.2) is 5.16 Å². The average molecular weight is 386 g/mol. The maximum absolute atomic E-state index is 12.4. The van der Waals surface area contributed by atoms with Gasteiger partial charge in [-0.05, 0) is 37.1 Å². The number of carbonyl (C=O) groups is 1. The smallest absolute Gasteiger partial charge is 0.233 e. The second-order valence-corrected chi connectivity index (χ2v) is 7.59. The van der Waals surface area contributed by atoms with Gasteiger partial charge in [0.1, 0.15) is 0 Å². The van der Waals surface area contributed by atoms with Crippen molar-refractivity contribution in [2.24, 2.45) is 0 Å². The summed E-state index contributed by atoms with van der Waals surface area (Å²) in [5.74, 6) is 0.00609. The van der Waals surface area contributed by atoms with Crippen molar-refractivity contribution in [1.82, 2.24) is 14.9 Å². The number of halogens is 1. The number of rotatable bonds is 7. The van der Waals surface area contributed by atoms with Crippen LogP contribution in [0.25, 0.3) is 5.69 Å². The summed E-state index contributed by atoms with van der Waals surface area (Å²) in [7, 11) is 0. The Morgan fingerprint density at radius 3 is 2.81 bits per heavy atom. The minimum absolute atomic E-state index is 0.00609. The first-order chi connectivity index (χ1) is 12.6. The number of aromatic nitrogens is 2. The number of amides is 1. The Balaban J connectivity index is 1.57. The highest BCUT2D eigenvalue weighted by atomic mass is 35.5. The number of imidazole rings is 1. The average Bonchev–Trinajstić information content (AvgIpc) is 3.10. The van der Waals surface area contributed by atoms with Crippen LogP contribution < -0.4 is 5.32 Å². The lowest BCUT2D eigenvalue weighted by atomic mass is 10.1. The Morgan fingerprint density at radius 1 is 1.23 bits per heavy atom. The first-order valence-electron chi connectivity index (χ1n) is 8.41. The monoisotopic (exact) mass is 385 g/mol. The highest BCUT2D eigenvalue weighted by Crippen LogP contribution is 2.25. The summed E-state index contributed by atoms with van der Waals surface area (Å²) in [4.78, 5) is 16.7. The fourth-order valence-corrected chi connectivity index (χ4v) is 3.62. The number of benzene rings is 2. The van der Waals surface area contributed by atoms with Crippen LogP contribution in [-0.2, 0) is 11.2 Å². The molecule has 0 aliphatic rings. The third-order valence-corrected chi connectivity index (χ3v) is 5.22. The molecule has 3 rings (SSSR count). The van der Waals surface area contributed by atoms with Crippen LogP contribution in [0.4, 0.5) is 0 Å². The molecule has 1 unspecified atom stereocenters. The molecule has 4 nitrogen and oxygen atoms in total. The van der Waals surface area contributed by atoms with E-state index in [-0.39, 0.29) is 11.2 Å². The van der Waals surface area contributed by atoms with E-state index in [1.807, 2.05) is 60.2 Å². The number of thioether (sulfide) groups is 1. The summed E-state index contributed by atoms with van der Waals surface area (Å²) in [6.45, 7) is 2.51. The Kier molecular flexibility index (Phi) is 6.36. The molecular formula is C20H20ClN3OS. The summed E-state index contributed by atoms with van der Waals surface area (Å²) in [6.07, 6.45) is 4.42. The van der Waals surface area contributed by atoms with Crippen molar-refractivity contribution in [2.45, 2.75) is 23.8 Å². The van der Waals surface area contributed by atoms with Gasteiger partial charge in [-0.25, -0.2) is 4.98 Å². The standard InChI is InChI=1S/C20H20ClN3OS/c1-15(19(25)22-11-10-16-6-3-2-4-7-16)26-20-23-12-13-24(20)18-9-5-8-17(21)14-18/h2-9,12-15H,10-11H2,1H3,(H,22,25).